The summed E-state index contributed by atoms with van der Waals surface area (Å²) >= 11 is 0. The highest BCUT2D eigenvalue weighted by molar-refractivity contribution is 7.92. The summed E-state index contributed by atoms with van der Waals surface area (Å²) in [7, 11) is -2.02. The van der Waals surface area contributed by atoms with Crippen LogP contribution in [0.2, 0.25) is 0 Å². The van der Waals surface area contributed by atoms with Crippen LogP contribution in [0.3, 0.4) is 0 Å². The topological polar surface area (TPSA) is 93.7 Å². The first-order valence-corrected chi connectivity index (χ1v) is 14.6. The highest BCUT2D eigenvalue weighted by Gasteiger charge is 2.24. The summed E-state index contributed by atoms with van der Waals surface area (Å²) in [5.74, 6) is -0.698. The normalized spacial score (nSPS) is 15.4. The number of nitrogens with one attached hydrogen (secondary N) is 2. The molecule has 1 fully saturated rings. The van der Waals surface area contributed by atoms with Crippen molar-refractivity contribution in [3.8, 4) is 0 Å². The Balaban J connectivity index is 1.42. The Morgan fingerprint density at radius 2 is 1.72 bits per heavy atom. The Kier molecular flexibility index (Phi) is 7.41. The van der Waals surface area contributed by atoms with Crippen molar-refractivity contribution in [2.45, 2.75) is 13.3 Å². The number of benzene rings is 2. The maximum absolute atomic E-state index is 15.1. The van der Waals surface area contributed by atoms with Gasteiger partial charge in [-0.3, -0.25) is 4.31 Å². The molecule has 0 saturated carbocycles. The summed E-state index contributed by atoms with van der Waals surface area (Å²) in [4.78, 5) is 13.1. The van der Waals surface area contributed by atoms with Gasteiger partial charge >= 0.3 is 0 Å². The zero-order chi connectivity index (χ0) is 27.7. The largest absolute Gasteiger partial charge is 0.364 e. The van der Waals surface area contributed by atoms with Gasteiger partial charge in [0.25, 0.3) is 0 Å². The minimum Gasteiger partial charge on any atom is -0.364 e. The average Bonchev–Trinajstić information content (AvgIpc) is 3.37. The van der Waals surface area contributed by atoms with Gasteiger partial charge in [0.1, 0.15) is 11.5 Å². The van der Waals surface area contributed by atoms with Crippen molar-refractivity contribution in [3.05, 3.63) is 65.4 Å². The third-order valence-corrected chi connectivity index (χ3v) is 8.21. The molecule has 0 radical (unpaired) electrons. The SMILES string of the molecule is CCN1CCN(c2c(F)cc(Nc3nc4c(c(Nc5ccccc5N(C)S(C)(=O)=O)n3)C=CC4)cc2F)CC1. The molecule has 2 heterocycles. The van der Waals surface area contributed by atoms with Gasteiger partial charge in [0.15, 0.2) is 11.6 Å². The number of hydrogen-bond acceptors (Lipinski definition) is 8. The van der Waals surface area contributed by atoms with E-state index in [-0.39, 0.29) is 17.3 Å². The number of hydrogen-bond donors (Lipinski definition) is 2. The van der Waals surface area contributed by atoms with Gasteiger partial charge in [-0.15, -0.1) is 0 Å². The summed E-state index contributed by atoms with van der Waals surface area (Å²) in [6.07, 6.45) is 5.52. The van der Waals surface area contributed by atoms with E-state index >= 15 is 8.78 Å². The number of anilines is 6. The van der Waals surface area contributed by atoms with Gasteiger partial charge in [0.2, 0.25) is 16.0 Å². The fourth-order valence-electron chi connectivity index (χ4n) is 4.80. The van der Waals surface area contributed by atoms with Gasteiger partial charge in [-0.2, -0.15) is 4.98 Å². The number of para-hydroxylation sites is 2. The van der Waals surface area contributed by atoms with Crippen LogP contribution in [0.25, 0.3) is 6.08 Å². The van der Waals surface area contributed by atoms with E-state index in [0.717, 1.165) is 37.1 Å². The quantitative estimate of drug-likeness (QED) is 0.424. The maximum Gasteiger partial charge on any atom is 0.232 e. The predicted octanol–water partition coefficient (Wildman–Crippen LogP) is 4.35. The molecule has 1 aromatic heterocycles. The van der Waals surface area contributed by atoms with Crippen molar-refractivity contribution in [2.24, 2.45) is 0 Å². The van der Waals surface area contributed by atoms with E-state index in [1.54, 1.807) is 29.2 Å². The number of halogens is 2. The molecule has 1 aliphatic heterocycles. The van der Waals surface area contributed by atoms with Gasteiger partial charge < -0.3 is 20.4 Å². The van der Waals surface area contributed by atoms with Crippen molar-refractivity contribution >= 4 is 50.6 Å². The van der Waals surface area contributed by atoms with Crippen LogP contribution in [0.4, 0.5) is 43.3 Å². The van der Waals surface area contributed by atoms with E-state index in [1.807, 2.05) is 12.2 Å². The fraction of sp³-hybridized carbons (Fsp3) is 0.333. The number of nitrogens with zero attached hydrogens (tertiary/aromatic N) is 5. The average molecular weight is 556 g/mol. The van der Waals surface area contributed by atoms with E-state index in [9.17, 15) is 8.42 Å². The number of piperazine rings is 1. The Labute approximate surface area is 227 Å². The molecule has 2 aromatic carbocycles. The Morgan fingerprint density at radius 1 is 1.03 bits per heavy atom. The van der Waals surface area contributed by atoms with E-state index in [4.69, 9.17) is 0 Å². The first kappa shape index (κ1) is 26.8. The maximum atomic E-state index is 15.1. The van der Waals surface area contributed by atoms with E-state index in [0.29, 0.717) is 36.7 Å². The van der Waals surface area contributed by atoms with Crippen molar-refractivity contribution in [2.75, 3.05) is 65.9 Å². The minimum absolute atomic E-state index is 0.0238. The van der Waals surface area contributed by atoms with Crippen LogP contribution in [0.5, 0.6) is 0 Å². The number of rotatable bonds is 8. The molecule has 5 rings (SSSR count). The Hall–Kier alpha value is -3.77. The number of aromatic nitrogens is 2. The highest BCUT2D eigenvalue weighted by Crippen LogP contribution is 2.34. The lowest BCUT2D eigenvalue weighted by molar-refractivity contribution is 0.269. The monoisotopic (exact) mass is 555 g/mol. The van der Waals surface area contributed by atoms with Gasteiger partial charge in [-0.05, 0) is 30.8 Å². The molecule has 0 unspecified atom stereocenters. The minimum atomic E-state index is -3.50. The van der Waals surface area contributed by atoms with Crippen LogP contribution >= 0.6 is 0 Å². The third kappa shape index (κ3) is 5.66. The second-order valence-corrected chi connectivity index (χ2v) is 11.6. The van der Waals surface area contributed by atoms with Crippen molar-refractivity contribution < 1.29 is 17.2 Å². The molecule has 3 aromatic rings. The Bertz CT molecular complexity index is 1500. The lowest BCUT2D eigenvalue weighted by Gasteiger charge is -2.35. The van der Waals surface area contributed by atoms with Gasteiger partial charge in [0.05, 0.1) is 23.3 Å². The summed E-state index contributed by atoms with van der Waals surface area (Å²) in [6.45, 7) is 5.61. The second-order valence-electron chi connectivity index (χ2n) is 9.57. The number of fused-ring (bicyclic) bond motifs is 1. The zero-order valence-electron chi connectivity index (χ0n) is 22.1. The summed E-state index contributed by atoms with van der Waals surface area (Å²) in [5.41, 5.74) is 2.64. The molecular formula is C27H31F2N7O2S. The molecule has 9 nitrogen and oxygen atoms in total. The highest BCUT2D eigenvalue weighted by atomic mass is 32.2. The third-order valence-electron chi connectivity index (χ3n) is 7.02. The van der Waals surface area contributed by atoms with Gasteiger partial charge in [0, 0.05) is 50.9 Å². The van der Waals surface area contributed by atoms with Crippen molar-refractivity contribution in [3.63, 3.8) is 0 Å². The van der Waals surface area contributed by atoms with Crippen LogP contribution in [0.1, 0.15) is 18.2 Å². The van der Waals surface area contributed by atoms with Crippen LogP contribution in [0, 0.1) is 11.6 Å². The van der Waals surface area contributed by atoms with Crippen LogP contribution < -0.4 is 19.8 Å². The molecule has 12 heteroatoms. The number of likely N-dealkylation sites (N-methyl/N-ethyl adjacent to an activating group) is 1. The molecule has 2 N–H and O–H groups in total. The van der Waals surface area contributed by atoms with E-state index in [1.165, 1.54) is 23.5 Å². The van der Waals surface area contributed by atoms with E-state index in [2.05, 4.69) is 32.4 Å². The second kappa shape index (κ2) is 10.8. The molecule has 0 bridgehead atoms. The first-order valence-electron chi connectivity index (χ1n) is 12.7. The van der Waals surface area contributed by atoms with Crippen LogP contribution in [-0.4, -0.2) is 69.3 Å². The lowest BCUT2D eigenvalue weighted by atomic mass is 10.2. The first-order chi connectivity index (χ1) is 18.6. The smallest absolute Gasteiger partial charge is 0.232 e. The molecule has 1 saturated heterocycles. The molecule has 1 aliphatic carbocycles. The molecule has 0 atom stereocenters. The standard InChI is InChI=1S/C27H31F2N7O2S/c1-4-35-12-14-36(15-13-35)25-20(28)16-18(17-21(25)29)30-27-32-22-10-7-8-19(22)26(33-27)31-23-9-5-6-11-24(23)34(2)39(3,37)38/h5-9,11,16-17H,4,10,12-15H2,1-3H3,(H2,30,31,32,33). The number of allylic oxidation sites excluding steroid dienone is 1. The number of sulfonamides is 1. The van der Waals surface area contributed by atoms with Crippen LogP contribution in [0.15, 0.2) is 42.5 Å². The van der Waals surface area contributed by atoms with Gasteiger partial charge in [-0.25, -0.2) is 22.2 Å². The predicted molar refractivity (Wildman–Crippen MR) is 152 cm³/mol. The molecule has 0 amide bonds. The van der Waals surface area contributed by atoms with Crippen molar-refractivity contribution in [1.82, 2.24) is 14.9 Å². The summed E-state index contributed by atoms with van der Waals surface area (Å²) < 4.78 is 55.8. The Morgan fingerprint density at radius 3 is 2.38 bits per heavy atom. The lowest BCUT2D eigenvalue weighted by Crippen LogP contribution is -2.46. The summed E-state index contributed by atoms with van der Waals surface area (Å²) in [6, 6.07) is 9.48. The van der Waals surface area contributed by atoms with Crippen LogP contribution in [-0.2, 0) is 16.4 Å². The molecule has 0 spiro atoms. The van der Waals surface area contributed by atoms with E-state index < -0.39 is 21.7 Å². The molecular weight excluding hydrogens is 524 g/mol. The molecule has 39 heavy (non-hydrogen) atoms. The van der Waals surface area contributed by atoms with Gasteiger partial charge in [-0.1, -0.05) is 31.2 Å². The fourth-order valence-corrected chi connectivity index (χ4v) is 5.32. The molecule has 206 valence electrons. The zero-order valence-corrected chi connectivity index (χ0v) is 22.9. The molecule has 2 aliphatic rings. The van der Waals surface area contributed by atoms with Crippen molar-refractivity contribution in [1.29, 1.82) is 0 Å². The summed E-state index contributed by atoms with van der Waals surface area (Å²) in [5, 5.41) is 6.17.